The van der Waals surface area contributed by atoms with Gasteiger partial charge in [0.25, 0.3) is 0 Å². The zero-order valence-electron chi connectivity index (χ0n) is 8.24. The second-order valence-electron chi connectivity index (χ2n) is 3.55. The first kappa shape index (κ1) is 8.63. The summed E-state index contributed by atoms with van der Waals surface area (Å²) in [4.78, 5) is 4.42. The average molecular weight is 194 g/mol. The fourth-order valence-electron chi connectivity index (χ4n) is 1.68. The molecule has 0 spiro atoms. The van der Waals surface area contributed by atoms with Crippen molar-refractivity contribution in [2.75, 3.05) is 16.8 Å². The summed E-state index contributed by atoms with van der Waals surface area (Å²) in [5.41, 5.74) is 1.28. The summed E-state index contributed by atoms with van der Waals surface area (Å²) in [6, 6.07) is 2.63. The van der Waals surface area contributed by atoms with Gasteiger partial charge in [-0.2, -0.15) is 0 Å². The van der Waals surface area contributed by atoms with E-state index in [-0.39, 0.29) is 0 Å². The summed E-state index contributed by atoms with van der Waals surface area (Å²) in [5.74, 6) is 1.08. The minimum atomic E-state index is 0.481. The molecule has 0 atom stereocenters. The van der Waals surface area contributed by atoms with Gasteiger partial charge in [-0.3, -0.25) is 0 Å². The maximum Gasteiger partial charge on any atom is 0.121 e. The van der Waals surface area contributed by atoms with Gasteiger partial charge in [0.2, 0.25) is 0 Å². The Morgan fingerprint density at radius 3 is 2.77 bits per heavy atom. The molecular formula is C10H14N2S. The van der Waals surface area contributed by atoms with Gasteiger partial charge in [-0.1, -0.05) is 6.58 Å². The summed E-state index contributed by atoms with van der Waals surface area (Å²) in [6.07, 6.45) is 0. The molecule has 0 aromatic carbocycles. The third kappa shape index (κ3) is 1.07. The van der Waals surface area contributed by atoms with Gasteiger partial charge in [0.15, 0.2) is 0 Å². The smallest absolute Gasteiger partial charge is 0.121 e. The highest BCUT2D eigenvalue weighted by molar-refractivity contribution is 7.15. The molecule has 2 heterocycles. The monoisotopic (exact) mass is 194 g/mol. The van der Waals surface area contributed by atoms with Crippen molar-refractivity contribution in [2.24, 2.45) is 0 Å². The molecule has 0 amide bonds. The number of hydrogen-bond donors (Lipinski definition) is 0. The van der Waals surface area contributed by atoms with Crippen LogP contribution in [0, 0.1) is 0 Å². The highest BCUT2D eigenvalue weighted by atomic mass is 32.1. The Kier molecular flexibility index (Phi) is 1.84. The first-order valence-corrected chi connectivity index (χ1v) is 5.30. The quantitative estimate of drug-likeness (QED) is 0.678. The Morgan fingerprint density at radius 1 is 1.46 bits per heavy atom. The van der Waals surface area contributed by atoms with Crippen LogP contribution in [0.15, 0.2) is 23.8 Å². The standard InChI is InChI=1S/C10H14N2S/c1-7(2)12-8(3)11(4)9-5-6-13-10(9)12/h5-7H,3H2,1-2,4H3. The Morgan fingerprint density at radius 2 is 2.15 bits per heavy atom. The van der Waals surface area contributed by atoms with Crippen LogP contribution in [0.5, 0.6) is 0 Å². The predicted molar refractivity (Wildman–Crippen MR) is 59.5 cm³/mol. The molecule has 0 saturated heterocycles. The first-order valence-electron chi connectivity index (χ1n) is 4.42. The molecular weight excluding hydrogens is 180 g/mol. The van der Waals surface area contributed by atoms with Crippen molar-refractivity contribution in [3.8, 4) is 0 Å². The fraction of sp³-hybridized carbons (Fsp3) is 0.400. The van der Waals surface area contributed by atoms with Gasteiger partial charge in [0.05, 0.1) is 5.69 Å². The fourth-order valence-corrected chi connectivity index (χ4v) is 2.76. The average Bonchev–Trinajstić information content (AvgIpc) is 2.57. The second-order valence-corrected chi connectivity index (χ2v) is 4.44. The van der Waals surface area contributed by atoms with Crippen molar-refractivity contribution in [1.82, 2.24) is 0 Å². The van der Waals surface area contributed by atoms with Crippen LogP contribution in [-0.2, 0) is 0 Å². The normalized spacial score (nSPS) is 15.8. The lowest BCUT2D eigenvalue weighted by Gasteiger charge is -2.25. The van der Waals surface area contributed by atoms with Crippen LogP contribution in [0.4, 0.5) is 10.7 Å². The van der Waals surface area contributed by atoms with Crippen LogP contribution in [0.25, 0.3) is 0 Å². The number of nitrogens with zero attached hydrogens (tertiary/aromatic N) is 2. The molecule has 0 fully saturated rings. The van der Waals surface area contributed by atoms with Crippen molar-refractivity contribution >= 4 is 22.0 Å². The largest absolute Gasteiger partial charge is 0.329 e. The topological polar surface area (TPSA) is 6.48 Å². The van der Waals surface area contributed by atoms with E-state index in [4.69, 9.17) is 0 Å². The van der Waals surface area contributed by atoms with Crippen LogP contribution < -0.4 is 9.80 Å². The number of rotatable bonds is 1. The molecule has 0 bridgehead atoms. The lowest BCUT2D eigenvalue weighted by Crippen LogP contribution is -2.30. The highest BCUT2D eigenvalue weighted by Crippen LogP contribution is 2.45. The molecule has 13 heavy (non-hydrogen) atoms. The summed E-state index contributed by atoms with van der Waals surface area (Å²) in [6.45, 7) is 8.46. The van der Waals surface area contributed by atoms with Crippen molar-refractivity contribution in [2.45, 2.75) is 19.9 Å². The van der Waals surface area contributed by atoms with Crippen LogP contribution in [-0.4, -0.2) is 13.1 Å². The molecule has 0 radical (unpaired) electrons. The summed E-state index contributed by atoms with van der Waals surface area (Å²) in [7, 11) is 2.07. The Hall–Kier alpha value is -0.960. The van der Waals surface area contributed by atoms with Gasteiger partial charge in [-0.05, 0) is 25.3 Å². The Labute approximate surface area is 83.1 Å². The van der Waals surface area contributed by atoms with E-state index in [0.717, 1.165) is 5.82 Å². The van der Waals surface area contributed by atoms with Crippen molar-refractivity contribution < 1.29 is 0 Å². The van der Waals surface area contributed by atoms with E-state index in [0.29, 0.717) is 6.04 Å². The van der Waals surface area contributed by atoms with E-state index < -0.39 is 0 Å². The van der Waals surface area contributed by atoms with Gasteiger partial charge in [0.1, 0.15) is 10.8 Å². The van der Waals surface area contributed by atoms with Gasteiger partial charge < -0.3 is 9.80 Å². The van der Waals surface area contributed by atoms with Crippen LogP contribution in [0.2, 0.25) is 0 Å². The molecule has 0 saturated carbocycles. The van der Waals surface area contributed by atoms with Crippen molar-refractivity contribution in [1.29, 1.82) is 0 Å². The summed E-state index contributed by atoms with van der Waals surface area (Å²) in [5, 5.41) is 3.45. The van der Waals surface area contributed by atoms with E-state index in [2.05, 4.69) is 48.7 Å². The molecule has 3 heteroatoms. The zero-order valence-corrected chi connectivity index (χ0v) is 9.06. The van der Waals surface area contributed by atoms with Crippen molar-refractivity contribution in [3.05, 3.63) is 23.8 Å². The van der Waals surface area contributed by atoms with Gasteiger partial charge in [0, 0.05) is 13.1 Å². The number of hydrogen-bond acceptors (Lipinski definition) is 3. The van der Waals surface area contributed by atoms with E-state index in [1.165, 1.54) is 10.7 Å². The number of thiophene rings is 1. The molecule has 1 aromatic heterocycles. The van der Waals surface area contributed by atoms with Crippen LogP contribution in [0.3, 0.4) is 0 Å². The third-order valence-corrected chi connectivity index (χ3v) is 3.29. The van der Waals surface area contributed by atoms with E-state index in [1.54, 1.807) is 11.3 Å². The molecule has 1 aliphatic heterocycles. The molecule has 2 rings (SSSR count). The Balaban J connectivity index is 2.48. The molecule has 2 nitrogen and oxygen atoms in total. The number of anilines is 2. The highest BCUT2D eigenvalue weighted by Gasteiger charge is 2.29. The molecule has 0 aliphatic carbocycles. The first-order chi connectivity index (χ1) is 6.13. The lowest BCUT2D eigenvalue weighted by atomic mass is 10.3. The summed E-state index contributed by atoms with van der Waals surface area (Å²) < 4.78 is 0. The van der Waals surface area contributed by atoms with Crippen LogP contribution in [0.1, 0.15) is 13.8 Å². The van der Waals surface area contributed by atoms with Crippen LogP contribution >= 0.6 is 11.3 Å². The maximum atomic E-state index is 4.08. The maximum absolute atomic E-state index is 4.08. The van der Waals surface area contributed by atoms with Gasteiger partial charge >= 0.3 is 0 Å². The molecule has 1 aromatic rings. The van der Waals surface area contributed by atoms with Crippen molar-refractivity contribution in [3.63, 3.8) is 0 Å². The zero-order chi connectivity index (χ0) is 9.59. The van der Waals surface area contributed by atoms with Gasteiger partial charge in [-0.15, -0.1) is 11.3 Å². The lowest BCUT2D eigenvalue weighted by molar-refractivity contribution is 0.764. The molecule has 0 unspecified atom stereocenters. The predicted octanol–water partition coefficient (Wildman–Crippen LogP) is 2.88. The second kappa shape index (κ2) is 2.77. The SMILES string of the molecule is C=C1N(C)c2ccsc2N1C(C)C. The molecule has 0 N–H and O–H groups in total. The molecule has 70 valence electrons. The van der Waals surface area contributed by atoms with E-state index in [1.807, 2.05) is 0 Å². The molecule has 1 aliphatic rings. The minimum absolute atomic E-state index is 0.481. The Bertz CT molecular complexity index is 340. The minimum Gasteiger partial charge on any atom is -0.329 e. The number of fused-ring (bicyclic) bond motifs is 1. The summed E-state index contributed by atoms with van der Waals surface area (Å²) >= 11 is 1.78. The third-order valence-electron chi connectivity index (χ3n) is 2.39. The van der Waals surface area contributed by atoms with Gasteiger partial charge in [-0.25, -0.2) is 0 Å². The van der Waals surface area contributed by atoms with E-state index in [9.17, 15) is 0 Å². The van der Waals surface area contributed by atoms with E-state index >= 15 is 0 Å².